The molecule has 5 rings (SSSR count). The molecule has 1 unspecified atom stereocenters. The third kappa shape index (κ3) is 4.09. The van der Waals surface area contributed by atoms with Crippen molar-refractivity contribution in [1.29, 1.82) is 0 Å². The van der Waals surface area contributed by atoms with E-state index in [1.54, 1.807) is 44.2 Å². The molecule has 2 bridgehead atoms. The highest BCUT2D eigenvalue weighted by atomic mass is 16.6. The number of allylic oxidation sites excluding steroid dienone is 1. The minimum Gasteiger partial charge on any atom is -0.455 e. The topological polar surface area (TPSA) is 146 Å². The SMILES string of the molecule is CC(=O)O[C@H]1C(=O)[C@@]2(C)C([C@@H](OC(=O)c3ccccc3)[C@]3(O)C[C@H](C)C(C)=C1C3(C)C)[C@@]1(OC(C)=O)CO[C@@H]1C[C@@H]2O. The number of carbonyl (C=O) groups excluding carboxylic acids is 4. The van der Waals surface area contributed by atoms with Crippen LogP contribution >= 0.6 is 0 Å². The quantitative estimate of drug-likeness (QED) is 0.308. The molecule has 0 amide bonds. The van der Waals surface area contributed by atoms with Gasteiger partial charge in [-0.15, -0.1) is 0 Å². The summed E-state index contributed by atoms with van der Waals surface area (Å²) < 4.78 is 23.8. The van der Waals surface area contributed by atoms with Crippen LogP contribution in [0.4, 0.5) is 0 Å². The molecule has 1 aromatic carbocycles. The number of ketones is 1. The number of hydrogen-bond acceptors (Lipinski definition) is 10. The molecule has 10 nitrogen and oxygen atoms in total. The number of benzene rings is 1. The third-order valence-electron chi connectivity index (χ3n) is 10.6. The molecule has 0 aromatic heterocycles. The van der Waals surface area contributed by atoms with Crippen molar-refractivity contribution in [2.24, 2.45) is 22.7 Å². The van der Waals surface area contributed by atoms with E-state index in [0.29, 0.717) is 5.57 Å². The number of aliphatic hydroxyl groups excluding tert-OH is 1. The lowest BCUT2D eigenvalue weighted by atomic mass is 9.44. The summed E-state index contributed by atoms with van der Waals surface area (Å²) >= 11 is 0. The van der Waals surface area contributed by atoms with Crippen LogP contribution in [0.1, 0.15) is 71.7 Å². The zero-order valence-corrected chi connectivity index (χ0v) is 25.1. The molecule has 1 saturated heterocycles. The van der Waals surface area contributed by atoms with Crippen LogP contribution in [0.25, 0.3) is 0 Å². The molecule has 3 fully saturated rings. The van der Waals surface area contributed by atoms with Crippen LogP contribution in [-0.2, 0) is 33.3 Å². The lowest BCUT2D eigenvalue weighted by Gasteiger charge is -2.67. The van der Waals surface area contributed by atoms with Crippen molar-refractivity contribution in [2.45, 2.75) is 96.9 Å². The Labute approximate surface area is 245 Å². The van der Waals surface area contributed by atoms with Gasteiger partial charge in [0, 0.05) is 25.7 Å². The van der Waals surface area contributed by atoms with Crippen molar-refractivity contribution in [1.82, 2.24) is 0 Å². The standard InChI is InChI=1S/C32H40O10/c1-16-14-32(38)27(41-28(37)20-11-9-8-10-12-20)25-30(7,21(35)13-22-31(25,15-39-22)42-19(4)34)26(36)24(40-18(3)33)23(17(16)2)29(32,5)6/h8-12,16,21-22,24-25,27,35,38H,13-15H2,1-7H3/t16-,21-,22+,24+,25?,27+,30+,31+,32+/m0/s1. The maximum absolute atomic E-state index is 14.9. The van der Waals surface area contributed by atoms with Crippen LogP contribution in [-0.4, -0.2) is 76.1 Å². The van der Waals surface area contributed by atoms with Gasteiger partial charge >= 0.3 is 17.9 Å². The van der Waals surface area contributed by atoms with Gasteiger partial charge in [-0.05, 0) is 43.9 Å². The summed E-state index contributed by atoms with van der Waals surface area (Å²) in [6, 6.07) is 8.26. The fraction of sp³-hybridized carbons (Fsp3) is 0.625. The second kappa shape index (κ2) is 9.99. The zero-order valence-electron chi connectivity index (χ0n) is 25.1. The number of carbonyl (C=O) groups is 4. The number of rotatable bonds is 4. The number of fused-ring (bicyclic) bond motifs is 5. The van der Waals surface area contributed by atoms with Crippen LogP contribution in [0, 0.1) is 22.7 Å². The normalized spacial score (nSPS) is 40.4. The Hall–Kier alpha value is -3.08. The van der Waals surface area contributed by atoms with Crippen LogP contribution in [0.2, 0.25) is 0 Å². The highest BCUT2D eigenvalue weighted by Gasteiger charge is 2.78. The van der Waals surface area contributed by atoms with Gasteiger partial charge in [-0.25, -0.2) is 4.79 Å². The van der Waals surface area contributed by atoms with Crippen molar-refractivity contribution in [3.05, 3.63) is 47.0 Å². The fourth-order valence-electron chi connectivity index (χ4n) is 8.16. The molecule has 2 saturated carbocycles. The molecule has 2 N–H and O–H groups in total. The molecule has 228 valence electrons. The molecule has 10 heteroatoms. The number of ether oxygens (including phenoxy) is 4. The smallest absolute Gasteiger partial charge is 0.338 e. The van der Waals surface area contributed by atoms with Gasteiger partial charge in [-0.1, -0.05) is 44.5 Å². The van der Waals surface area contributed by atoms with Gasteiger partial charge in [0.1, 0.15) is 17.8 Å². The second-order valence-electron chi connectivity index (χ2n) is 13.2. The number of aliphatic hydroxyl groups is 2. The first-order chi connectivity index (χ1) is 19.5. The first-order valence-electron chi connectivity index (χ1n) is 14.4. The van der Waals surface area contributed by atoms with Gasteiger partial charge in [0.05, 0.1) is 29.6 Å². The van der Waals surface area contributed by atoms with Gasteiger partial charge < -0.3 is 29.2 Å². The molecular formula is C32H40O10. The van der Waals surface area contributed by atoms with E-state index in [1.165, 1.54) is 20.8 Å². The number of Topliss-reactive ketones (excluding diaryl/α,β-unsaturated/α-hetero) is 1. The fourth-order valence-corrected chi connectivity index (χ4v) is 8.16. The maximum Gasteiger partial charge on any atom is 0.338 e. The Morgan fingerprint density at radius 3 is 2.21 bits per heavy atom. The van der Waals surface area contributed by atoms with E-state index in [0.717, 1.165) is 5.57 Å². The van der Waals surface area contributed by atoms with Crippen LogP contribution < -0.4 is 0 Å². The summed E-state index contributed by atoms with van der Waals surface area (Å²) in [5, 5.41) is 24.7. The predicted molar refractivity (Wildman–Crippen MR) is 148 cm³/mol. The summed E-state index contributed by atoms with van der Waals surface area (Å²) in [4.78, 5) is 53.7. The van der Waals surface area contributed by atoms with Gasteiger partial charge in [-0.2, -0.15) is 0 Å². The van der Waals surface area contributed by atoms with E-state index in [2.05, 4.69) is 0 Å². The third-order valence-corrected chi connectivity index (χ3v) is 10.6. The highest BCUT2D eigenvalue weighted by Crippen LogP contribution is 2.64. The summed E-state index contributed by atoms with van der Waals surface area (Å²) in [6.45, 7) is 11.0. The zero-order chi connectivity index (χ0) is 31.0. The lowest BCUT2D eigenvalue weighted by molar-refractivity contribution is -0.345. The summed E-state index contributed by atoms with van der Waals surface area (Å²) in [7, 11) is 0. The van der Waals surface area contributed by atoms with E-state index >= 15 is 0 Å². The second-order valence-corrected chi connectivity index (χ2v) is 13.2. The minimum atomic E-state index is -1.86. The van der Waals surface area contributed by atoms with Gasteiger partial charge in [-0.3, -0.25) is 14.4 Å². The summed E-state index contributed by atoms with van der Waals surface area (Å²) in [6.07, 6.45) is -5.02. The van der Waals surface area contributed by atoms with E-state index in [-0.39, 0.29) is 30.9 Å². The van der Waals surface area contributed by atoms with Gasteiger partial charge in [0.25, 0.3) is 0 Å². The molecule has 0 spiro atoms. The Bertz CT molecular complexity index is 1350. The number of esters is 3. The molecule has 1 aliphatic heterocycles. The Morgan fingerprint density at radius 2 is 1.67 bits per heavy atom. The molecule has 1 aromatic rings. The molecule has 4 aliphatic rings. The van der Waals surface area contributed by atoms with Crippen LogP contribution in [0.5, 0.6) is 0 Å². The van der Waals surface area contributed by atoms with Gasteiger partial charge in [0.2, 0.25) is 0 Å². The first-order valence-corrected chi connectivity index (χ1v) is 14.4. The van der Waals surface area contributed by atoms with Crippen LogP contribution in [0.15, 0.2) is 41.5 Å². The monoisotopic (exact) mass is 584 g/mol. The van der Waals surface area contributed by atoms with Gasteiger partial charge in [0.15, 0.2) is 17.5 Å². The maximum atomic E-state index is 14.9. The Kier molecular flexibility index (Phi) is 7.23. The van der Waals surface area contributed by atoms with E-state index in [9.17, 15) is 29.4 Å². The molecule has 0 radical (unpaired) electrons. The van der Waals surface area contributed by atoms with Crippen molar-refractivity contribution in [2.75, 3.05) is 6.61 Å². The Morgan fingerprint density at radius 1 is 1.02 bits per heavy atom. The van der Waals surface area contributed by atoms with E-state index in [4.69, 9.17) is 18.9 Å². The summed E-state index contributed by atoms with van der Waals surface area (Å²) in [5.41, 5.74) is -5.05. The molecular weight excluding hydrogens is 544 g/mol. The lowest BCUT2D eigenvalue weighted by Crippen LogP contribution is -2.81. The minimum absolute atomic E-state index is 0.0611. The van der Waals surface area contributed by atoms with Crippen LogP contribution in [0.3, 0.4) is 0 Å². The highest BCUT2D eigenvalue weighted by molar-refractivity contribution is 5.95. The van der Waals surface area contributed by atoms with E-state index < -0.39 is 76.1 Å². The average molecular weight is 585 g/mol. The summed E-state index contributed by atoms with van der Waals surface area (Å²) in [5.74, 6) is -4.29. The molecule has 42 heavy (non-hydrogen) atoms. The van der Waals surface area contributed by atoms with Crippen molar-refractivity contribution >= 4 is 23.7 Å². The molecule has 9 atom stereocenters. The van der Waals surface area contributed by atoms with Crippen molar-refractivity contribution in [3.63, 3.8) is 0 Å². The van der Waals surface area contributed by atoms with Crippen molar-refractivity contribution in [3.8, 4) is 0 Å². The largest absolute Gasteiger partial charge is 0.455 e. The first kappa shape index (κ1) is 30.4. The average Bonchev–Trinajstić information content (AvgIpc) is 2.90. The molecule has 3 aliphatic carbocycles. The molecule has 1 heterocycles. The Balaban J connectivity index is 1.84. The number of hydrogen-bond donors (Lipinski definition) is 2. The van der Waals surface area contributed by atoms with E-state index in [1.807, 2.05) is 13.8 Å². The predicted octanol–water partition coefficient (Wildman–Crippen LogP) is 2.93. The van der Waals surface area contributed by atoms with Crippen molar-refractivity contribution < 1.29 is 48.3 Å².